The Balaban J connectivity index is 2.41. The topological polar surface area (TPSA) is 83.6 Å². The molecule has 104 valence electrons. The molecule has 5 heteroatoms. The SMILES string of the molecule is CN(CCCC(=O)O)C(=O)C(N)Cc1ccccc1. The molecule has 1 rings (SSSR count). The maximum absolute atomic E-state index is 12.0. The fraction of sp³-hybridized carbons (Fsp3) is 0.429. The van der Waals surface area contributed by atoms with Gasteiger partial charge in [0.1, 0.15) is 0 Å². The lowest BCUT2D eigenvalue weighted by Crippen LogP contribution is -2.43. The van der Waals surface area contributed by atoms with E-state index in [4.69, 9.17) is 10.8 Å². The summed E-state index contributed by atoms with van der Waals surface area (Å²) in [6.07, 6.45) is 0.990. The quantitative estimate of drug-likeness (QED) is 0.765. The first-order chi connectivity index (χ1) is 9.00. The van der Waals surface area contributed by atoms with E-state index in [1.54, 1.807) is 7.05 Å². The molecule has 0 fully saturated rings. The number of carbonyl (C=O) groups is 2. The van der Waals surface area contributed by atoms with Gasteiger partial charge in [0, 0.05) is 20.0 Å². The maximum atomic E-state index is 12.0. The maximum Gasteiger partial charge on any atom is 0.303 e. The van der Waals surface area contributed by atoms with Crippen LogP contribution in [0.4, 0.5) is 0 Å². The van der Waals surface area contributed by atoms with E-state index in [0.717, 1.165) is 5.56 Å². The molecular formula is C14H20N2O3. The summed E-state index contributed by atoms with van der Waals surface area (Å²) in [5.41, 5.74) is 6.89. The summed E-state index contributed by atoms with van der Waals surface area (Å²) in [5, 5.41) is 8.54. The zero-order valence-electron chi connectivity index (χ0n) is 11.1. The van der Waals surface area contributed by atoms with Crippen LogP contribution in [0.25, 0.3) is 0 Å². The van der Waals surface area contributed by atoms with Gasteiger partial charge in [-0.15, -0.1) is 0 Å². The third-order valence-electron chi connectivity index (χ3n) is 2.88. The highest BCUT2D eigenvalue weighted by Crippen LogP contribution is 2.04. The van der Waals surface area contributed by atoms with E-state index in [0.29, 0.717) is 19.4 Å². The van der Waals surface area contributed by atoms with Crippen LogP contribution in [0.15, 0.2) is 30.3 Å². The summed E-state index contributed by atoms with van der Waals surface area (Å²) in [7, 11) is 1.65. The molecule has 0 radical (unpaired) electrons. The van der Waals surface area contributed by atoms with Gasteiger partial charge < -0.3 is 15.7 Å². The van der Waals surface area contributed by atoms with Gasteiger partial charge >= 0.3 is 5.97 Å². The van der Waals surface area contributed by atoms with E-state index < -0.39 is 12.0 Å². The molecule has 0 spiro atoms. The number of amides is 1. The summed E-state index contributed by atoms with van der Waals surface area (Å²) in [4.78, 5) is 23.9. The number of carbonyl (C=O) groups excluding carboxylic acids is 1. The number of likely N-dealkylation sites (N-methyl/N-ethyl adjacent to an activating group) is 1. The van der Waals surface area contributed by atoms with E-state index in [2.05, 4.69) is 0 Å². The number of rotatable bonds is 7. The van der Waals surface area contributed by atoms with Gasteiger partial charge in [0.05, 0.1) is 6.04 Å². The summed E-state index contributed by atoms with van der Waals surface area (Å²) in [5.74, 6) is -1.01. The van der Waals surface area contributed by atoms with Gasteiger partial charge in [-0.1, -0.05) is 30.3 Å². The Morgan fingerprint density at radius 2 is 1.95 bits per heavy atom. The highest BCUT2D eigenvalue weighted by molar-refractivity contribution is 5.81. The van der Waals surface area contributed by atoms with Crippen LogP contribution in [0.2, 0.25) is 0 Å². The number of nitrogens with zero attached hydrogens (tertiary/aromatic N) is 1. The third kappa shape index (κ3) is 5.52. The average molecular weight is 264 g/mol. The minimum Gasteiger partial charge on any atom is -0.481 e. The minimum absolute atomic E-state index is 0.0611. The molecule has 1 aromatic carbocycles. The number of hydrogen-bond acceptors (Lipinski definition) is 3. The van der Waals surface area contributed by atoms with Gasteiger partial charge in [-0.3, -0.25) is 9.59 Å². The van der Waals surface area contributed by atoms with Crippen molar-refractivity contribution in [2.75, 3.05) is 13.6 Å². The Kier molecular flexibility index (Phi) is 6.02. The predicted octanol–water partition coefficient (Wildman–Crippen LogP) is 0.880. The van der Waals surface area contributed by atoms with Crippen molar-refractivity contribution >= 4 is 11.9 Å². The van der Waals surface area contributed by atoms with Crippen molar-refractivity contribution < 1.29 is 14.7 Å². The van der Waals surface area contributed by atoms with Crippen molar-refractivity contribution in [3.8, 4) is 0 Å². The van der Waals surface area contributed by atoms with Crippen molar-refractivity contribution in [3.63, 3.8) is 0 Å². The van der Waals surface area contributed by atoms with Gasteiger partial charge in [0.2, 0.25) is 5.91 Å². The average Bonchev–Trinajstić information content (AvgIpc) is 2.38. The highest BCUT2D eigenvalue weighted by atomic mass is 16.4. The molecule has 0 saturated carbocycles. The summed E-state index contributed by atoms with van der Waals surface area (Å²) in [6, 6.07) is 8.99. The van der Waals surface area contributed by atoms with Crippen LogP contribution in [-0.2, 0) is 16.0 Å². The number of benzene rings is 1. The van der Waals surface area contributed by atoms with E-state index in [1.165, 1.54) is 4.90 Å². The lowest BCUT2D eigenvalue weighted by atomic mass is 10.1. The lowest BCUT2D eigenvalue weighted by molar-refractivity contribution is -0.138. The van der Waals surface area contributed by atoms with Crippen LogP contribution < -0.4 is 5.73 Å². The summed E-state index contributed by atoms with van der Waals surface area (Å²) >= 11 is 0. The van der Waals surface area contributed by atoms with E-state index in [-0.39, 0.29) is 12.3 Å². The van der Waals surface area contributed by atoms with Crippen molar-refractivity contribution in [3.05, 3.63) is 35.9 Å². The second-order valence-corrected chi connectivity index (χ2v) is 4.55. The standard InChI is InChI=1S/C14H20N2O3/c1-16(9-5-8-13(17)18)14(19)12(15)10-11-6-3-2-4-7-11/h2-4,6-7,12H,5,8-10,15H2,1H3,(H,17,18). The van der Waals surface area contributed by atoms with Crippen molar-refractivity contribution in [1.29, 1.82) is 0 Å². The molecule has 0 aliphatic heterocycles. The second-order valence-electron chi connectivity index (χ2n) is 4.55. The van der Waals surface area contributed by atoms with E-state index >= 15 is 0 Å². The number of hydrogen-bond donors (Lipinski definition) is 2. The molecule has 1 amide bonds. The Hall–Kier alpha value is -1.88. The molecule has 1 unspecified atom stereocenters. The second kappa shape index (κ2) is 7.53. The molecule has 19 heavy (non-hydrogen) atoms. The third-order valence-corrected chi connectivity index (χ3v) is 2.88. The Morgan fingerprint density at radius 3 is 2.53 bits per heavy atom. The first-order valence-electron chi connectivity index (χ1n) is 6.27. The van der Waals surface area contributed by atoms with Crippen molar-refractivity contribution in [1.82, 2.24) is 4.90 Å². The van der Waals surface area contributed by atoms with Crippen LogP contribution in [0.5, 0.6) is 0 Å². The van der Waals surface area contributed by atoms with Gasteiger partial charge in [0.15, 0.2) is 0 Å². The summed E-state index contributed by atoms with van der Waals surface area (Å²) < 4.78 is 0. The molecule has 0 bridgehead atoms. The molecule has 1 atom stereocenters. The molecule has 0 heterocycles. The Labute approximate surface area is 113 Å². The first kappa shape index (κ1) is 15.2. The molecule has 1 aromatic rings. The van der Waals surface area contributed by atoms with Crippen molar-refractivity contribution in [2.45, 2.75) is 25.3 Å². The number of nitrogens with two attached hydrogens (primary N) is 1. The normalized spacial score (nSPS) is 11.9. The molecule has 0 aromatic heterocycles. The van der Waals surface area contributed by atoms with Crippen LogP contribution in [0, 0.1) is 0 Å². The van der Waals surface area contributed by atoms with Crippen LogP contribution in [-0.4, -0.2) is 41.5 Å². The molecule has 0 aliphatic carbocycles. The van der Waals surface area contributed by atoms with Crippen LogP contribution in [0.1, 0.15) is 18.4 Å². The number of carboxylic acid groups (broad SMARTS) is 1. The highest BCUT2D eigenvalue weighted by Gasteiger charge is 2.18. The molecule has 0 aliphatic rings. The zero-order chi connectivity index (χ0) is 14.3. The largest absolute Gasteiger partial charge is 0.481 e. The predicted molar refractivity (Wildman–Crippen MR) is 72.6 cm³/mol. The Bertz CT molecular complexity index is 420. The van der Waals surface area contributed by atoms with Gasteiger partial charge in [-0.25, -0.2) is 0 Å². The van der Waals surface area contributed by atoms with Gasteiger partial charge in [-0.05, 0) is 18.4 Å². The van der Waals surface area contributed by atoms with Gasteiger partial charge in [0.25, 0.3) is 0 Å². The monoisotopic (exact) mass is 264 g/mol. The fourth-order valence-corrected chi connectivity index (χ4v) is 1.82. The van der Waals surface area contributed by atoms with Crippen molar-refractivity contribution in [2.24, 2.45) is 5.73 Å². The van der Waals surface area contributed by atoms with Crippen LogP contribution in [0.3, 0.4) is 0 Å². The smallest absolute Gasteiger partial charge is 0.303 e. The molecule has 3 N–H and O–H groups in total. The molecular weight excluding hydrogens is 244 g/mol. The fourth-order valence-electron chi connectivity index (χ4n) is 1.82. The first-order valence-corrected chi connectivity index (χ1v) is 6.27. The van der Waals surface area contributed by atoms with E-state index in [1.807, 2.05) is 30.3 Å². The number of aliphatic carboxylic acids is 1. The molecule has 5 nitrogen and oxygen atoms in total. The van der Waals surface area contributed by atoms with Crippen LogP contribution >= 0.6 is 0 Å². The minimum atomic E-state index is -0.852. The molecule has 0 saturated heterocycles. The Morgan fingerprint density at radius 1 is 1.32 bits per heavy atom. The lowest BCUT2D eigenvalue weighted by Gasteiger charge is -2.21. The van der Waals surface area contributed by atoms with Gasteiger partial charge in [-0.2, -0.15) is 0 Å². The number of carboxylic acids is 1. The zero-order valence-corrected chi connectivity index (χ0v) is 11.1. The summed E-state index contributed by atoms with van der Waals surface area (Å²) in [6.45, 7) is 0.410. The van der Waals surface area contributed by atoms with E-state index in [9.17, 15) is 9.59 Å².